The number of rotatable bonds is 4. The molecule has 2 aromatic carbocycles. The molecule has 2 aromatic rings. The van der Waals surface area contributed by atoms with Gasteiger partial charge in [0.1, 0.15) is 0 Å². The molecule has 0 N–H and O–H groups in total. The number of benzene rings is 2. The van der Waals surface area contributed by atoms with Gasteiger partial charge in [-0.1, -0.05) is 42.5 Å². The lowest BCUT2D eigenvalue weighted by Gasteiger charge is -2.48. The molecule has 2 fully saturated rings. The van der Waals surface area contributed by atoms with E-state index in [0.717, 1.165) is 24.9 Å². The van der Waals surface area contributed by atoms with Crippen LogP contribution in [0.2, 0.25) is 0 Å². The molecule has 0 amide bonds. The number of carbonyl (C=O) groups excluding carboxylic acids is 1. The van der Waals surface area contributed by atoms with E-state index in [1.54, 1.807) is 6.07 Å². The number of nitrogens with zero attached hydrogens (tertiary/aromatic N) is 2. The number of carbonyl (C=O) groups is 1. The molecule has 0 aliphatic carbocycles. The first-order chi connectivity index (χ1) is 13.2. The fourth-order valence-electron chi connectivity index (χ4n) is 4.55. The van der Waals surface area contributed by atoms with Gasteiger partial charge < -0.3 is 4.74 Å². The maximum absolute atomic E-state index is 13.3. The summed E-state index contributed by atoms with van der Waals surface area (Å²) in [6.45, 7) is 4.16. The smallest absolute Gasteiger partial charge is 0.167 e. The molecule has 2 bridgehead atoms. The number of fused-ring (bicyclic) bond motifs is 2. The molecule has 0 spiro atoms. The van der Waals surface area contributed by atoms with E-state index in [4.69, 9.17) is 4.74 Å². The van der Waals surface area contributed by atoms with Crippen LogP contribution in [0.1, 0.15) is 39.9 Å². The standard InChI is InChI=1S/C23H24N2O2/c1-16-6-5-9-18(12-24)22(16)23(26)19-10-20-14-27-15-21(11-19)25(20)13-17-7-3-2-4-8-17/h2-9,19-21H,10-11,13-15H2,1H3. The number of ether oxygens (including phenoxy) is 1. The highest BCUT2D eigenvalue weighted by atomic mass is 16.5. The van der Waals surface area contributed by atoms with Gasteiger partial charge in [-0.15, -0.1) is 0 Å². The van der Waals surface area contributed by atoms with Crippen molar-refractivity contribution in [3.05, 3.63) is 70.8 Å². The van der Waals surface area contributed by atoms with E-state index < -0.39 is 0 Å². The summed E-state index contributed by atoms with van der Waals surface area (Å²) < 4.78 is 5.80. The predicted molar refractivity (Wildman–Crippen MR) is 103 cm³/mol. The highest BCUT2D eigenvalue weighted by molar-refractivity contribution is 6.01. The lowest BCUT2D eigenvalue weighted by Crippen LogP contribution is -2.57. The Bertz CT molecular complexity index is 858. The quantitative estimate of drug-likeness (QED) is 0.780. The Kier molecular flexibility index (Phi) is 5.07. The number of ketones is 1. The Morgan fingerprint density at radius 3 is 2.48 bits per heavy atom. The molecule has 0 aromatic heterocycles. The number of hydrogen-bond donors (Lipinski definition) is 0. The van der Waals surface area contributed by atoms with Crippen LogP contribution in [0.25, 0.3) is 0 Å². The first-order valence-electron chi connectivity index (χ1n) is 9.58. The number of nitriles is 1. The molecule has 2 aliphatic heterocycles. The second-order valence-electron chi connectivity index (χ2n) is 7.64. The van der Waals surface area contributed by atoms with Gasteiger partial charge in [-0.2, -0.15) is 5.26 Å². The zero-order valence-electron chi connectivity index (χ0n) is 15.6. The first kappa shape index (κ1) is 17.9. The molecule has 0 radical (unpaired) electrons. The third-order valence-corrected chi connectivity index (χ3v) is 5.89. The Morgan fingerprint density at radius 1 is 1.11 bits per heavy atom. The van der Waals surface area contributed by atoms with Crippen molar-refractivity contribution in [3.8, 4) is 6.07 Å². The van der Waals surface area contributed by atoms with Crippen molar-refractivity contribution < 1.29 is 9.53 Å². The van der Waals surface area contributed by atoms with Crippen molar-refractivity contribution in [1.82, 2.24) is 4.90 Å². The molecule has 2 heterocycles. The highest BCUT2D eigenvalue weighted by Gasteiger charge is 2.41. The minimum atomic E-state index is -0.0378. The maximum atomic E-state index is 13.3. The van der Waals surface area contributed by atoms with Crippen molar-refractivity contribution in [2.45, 2.75) is 38.4 Å². The third-order valence-electron chi connectivity index (χ3n) is 5.89. The van der Waals surface area contributed by atoms with Crippen LogP contribution in [-0.4, -0.2) is 36.0 Å². The maximum Gasteiger partial charge on any atom is 0.167 e. The van der Waals surface area contributed by atoms with Gasteiger partial charge in [0.25, 0.3) is 0 Å². The highest BCUT2D eigenvalue weighted by Crippen LogP contribution is 2.35. The minimum Gasteiger partial charge on any atom is -0.378 e. The Balaban J connectivity index is 1.55. The van der Waals surface area contributed by atoms with Crippen LogP contribution in [0.5, 0.6) is 0 Å². The van der Waals surface area contributed by atoms with Crippen LogP contribution in [0, 0.1) is 24.2 Å². The lowest BCUT2D eigenvalue weighted by atomic mass is 9.79. The van der Waals surface area contributed by atoms with Crippen LogP contribution in [0.4, 0.5) is 0 Å². The zero-order valence-corrected chi connectivity index (χ0v) is 15.6. The average Bonchev–Trinajstić information content (AvgIpc) is 2.68. The Labute approximate surface area is 160 Å². The number of aryl methyl sites for hydroxylation is 1. The summed E-state index contributed by atoms with van der Waals surface area (Å²) in [6, 6.07) is 18.7. The molecule has 2 atom stereocenters. The van der Waals surface area contributed by atoms with E-state index in [2.05, 4.69) is 35.2 Å². The van der Waals surface area contributed by atoms with Crippen molar-refractivity contribution >= 4 is 5.78 Å². The number of Topliss-reactive ketones (excluding diaryl/α,β-unsaturated/α-hetero) is 1. The molecular formula is C23H24N2O2. The van der Waals surface area contributed by atoms with Crippen LogP contribution >= 0.6 is 0 Å². The molecule has 0 saturated carbocycles. The summed E-state index contributed by atoms with van der Waals surface area (Å²) in [4.78, 5) is 15.8. The second kappa shape index (κ2) is 7.64. The molecule has 2 aliphatic rings. The second-order valence-corrected chi connectivity index (χ2v) is 7.64. The van der Waals surface area contributed by atoms with Gasteiger partial charge in [-0.05, 0) is 37.0 Å². The van der Waals surface area contributed by atoms with Gasteiger partial charge >= 0.3 is 0 Å². The van der Waals surface area contributed by atoms with E-state index in [1.165, 1.54) is 5.56 Å². The monoisotopic (exact) mass is 360 g/mol. The summed E-state index contributed by atoms with van der Waals surface area (Å²) in [5.41, 5.74) is 3.30. The van der Waals surface area contributed by atoms with Gasteiger partial charge in [0.15, 0.2) is 5.78 Å². The Morgan fingerprint density at radius 2 is 1.81 bits per heavy atom. The summed E-state index contributed by atoms with van der Waals surface area (Å²) in [7, 11) is 0. The van der Waals surface area contributed by atoms with E-state index in [1.807, 2.05) is 25.1 Å². The van der Waals surface area contributed by atoms with Crippen molar-refractivity contribution in [2.75, 3.05) is 13.2 Å². The largest absolute Gasteiger partial charge is 0.378 e. The third kappa shape index (κ3) is 3.53. The van der Waals surface area contributed by atoms with Crippen molar-refractivity contribution in [3.63, 3.8) is 0 Å². The summed E-state index contributed by atoms with van der Waals surface area (Å²) in [5, 5.41) is 9.43. The SMILES string of the molecule is Cc1cccc(C#N)c1C(=O)C1CC2COCC(C1)N2Cc1ccccc1. The molecule has 2 unspecified atom stereocenters. The molecule has 138 valence electrons. The fraction of sp³-hybridized carbons (Fsp3) is 0.391. The summed E-state index contributed by atoms with van der Waals surface area (Å²) >= 11 is 0. The van der Waals surface area contributed by atoms with E-state index in [9.17, 15) is 10.1 Å². The predicted octanol–water partition coefficient (Wildman–Crippen LogP) is 3.73. The topological polar surface area (TPSA) is 53.3 Å². The molecule has 2 saturated heterocycles. The van der Waals surface area contributed by atoms with E-state index in [-0.39, 0.29) is 23.8 Å². The molecule has 4 rings (SSSR count). The van der Waals surface area contributed by atoms with Crippen LogP contribution < -0.4 is 0 Å². The van der Waals surface area contributed by atoms with Crippen molar-refractivity contribution in [2.24, 2.45) is 5.92 Å². The Hall–Kier alpha value is -2.48. The first-order valence-corrected chi connectivity index (χ1v) is 9.58. The van der Waals surface area contributed by atoms with Gasteiger partial charge in [0.2, 0.25) is 0 Å². The van der Waals surface area contributed by atoms with E-state index >= 15 is 0 Å². The molecule has 4 nitrogen and oxygen atoms in total. The van der Waals surface area contributed by atoms with Gasteiger partial charge in [0.05, 0.1) is 24.8 Å². The van der Waals surface area contributed by atoms with Crippen molar-refractivity contribution in [1.29, 1.82) is 5.26 Å². The van der Waals surface area contributed by atoms with Gasteiger partial charge in [-0.3, -0.25) is 9.69 Å². The van der Waals surface area contributed by atoms with Crippen LogP contribution in [-0.2, 0) is 11.3 Å². The average molecular weight is 360 g/mol. The zero-order chi connectivity index (χ0) is 18.8. The summed E-state index contributed by atoms with van der Waals surface area (Å²) in [5.74, 6) is 0.0880. The molecular weight excluding hydrogens is 336 g/mol. The fourth-order valence-corrected chi connectivity index (χ4v) is 4.55. The molecule has 27 heavy (non-hydrogen) atoms. The lowest BCUT2D eigenvalue weighted by molar-refractivity contribution is -0.0872. The summed E-state index contributed by atoms with van der Waals surface area (Å²) in [6.07, 6.45) is 1.59. The van der Waals surface area contributed by atoms with Gasteiger partial charge in [-0.25, -0.2) is 0 Å². The number of hydrogen-bond acceptors (Lipinski definition) is 4. The van der Waals surface area contributed by atoms with E-state index in [0.29, 0.717) is 24.3 Å². The van der Waals surface area contributed by atoms with Gasteiger partial charge in [0, 0.05) is 30.1 Å². The van der Waals surface area contributed by atoms with Crippen LogP contribution in [0.15, 0.2) is 48.5 Å². The number of piperidine rings is 1. The minimum absolute atomic E-state index is 0.0378. The normalized spacial score (nSPS) is 25.0. The number of morpholine rings is 1. The van der Waals surface area contributed by atoms with Crippen LogP contribution in [0.3, 0.4) is 0 Å². The molecule has 4 heteroatoms.